The molecule has 18 heavy (non-hydrogen) atoms. The molecule has 0 aromatic heterocycles. The molecule has 0 bridgehead atoms. The number of methoxy groups -OCH3 is 1. The van der Waals surface area contributed by atoms with Crippen LogP contribution in [0.2, 0.25) is 0 Å². The average Bonchev–Trinajstić information content (AvgIpc) is 2.79. The number of aryl methyl sites for hydroxylation is 1. The second-order valence-electron chi connectivity index (χ2n) is 4.74. The summed E-state index contributed by atoms with van der Waals surface area (Å²) in [5.41, 5.74) is 2.13. The molecule has 2 rings (SSSR count). The van der Waals surface area contributed by atoms with Crippen molar-refractivity contribution in [2.45, 2.75) is 30.9 Å². The minimum absolute atomic E-state index is 0.540. The summed E-state index contributed by atoms with van der Waals surface area (Å²) < 4.78 is 4.67. The molecule has 1 N–H and O–H groups in total. The van der Waals surface area contributed by atoms with Crippen LogP contribution in [0, 0.1) is 6.92 Å². The Labute approximate surface area is 112 Å². The van der Waals surface area contributed by atoms with E-state index < -0.39 is 10.7 Å². The molecule has 1 atom stereocenters. The third kappa shape index (κ3) is 2.48. The van der Waals surface area contributed by atoms with Crippen molar-refractivity contribution in [3.05, 3.63) is 29.3 Å². The van der Waals surface area contributed by atoms with Gasteiger partial charge in [0.15, 0.2) is 0 Å². The van der Waals surface area contributed by atoms with E-state index in [1.165, 1.54) is 0 Å². The molecule has 1 aliphatic heterocycles. The Bertz CT molecular complexity index is 450. The van der Waals surface area contributed by atoms with Gasteiger partial charge in [-0.2, -0.15) is 0 Å². The molecule has 4 heteroatoms. The molecule has 98 valence electrons. The normalized spacial score (nSPS) is 23.0. The lowest BCUT2D eigenvalue weighted by Crippen LogP contribution is -2.34. The largest absolute Gasteiger partial charge is 0.496 e. The Morgan fingerprint density at radius 1 is 1.56 bits per heavy atom. The van der Waals surface area contributed by atoms with Crippen LogP contribution in [0.3, 0.4) is 0 Å². The molecule has 1 aromatic rings. The maximum absolute atomic E-state index is 11.6. The number of rotatable bonds is 4. The van der Waals surface area contributed by atoms with Gasteiger partial charge in [0, 0.05) is 6.42 Å². The van der Waals surface area contributed by atoms with Crippen LogP contribution < -0.4 is 4.74 Å². The second-order valence-corrected chi connectivity index (χ2v) is 6.22. The molecule has 0 spiro atoms. The molecule has 3 nitrogen and oxygen atoms in total. The quantitative estimate of drug-likeness (QED) is 0.910. The number of carbonyl (C=O) groups is 1. The smallest absolute Gasteiger partial charge is 0.320 e. The maximum atomic E-state index is 11.6. The fourth-order valence-corrected chi connectivity index (χ4v) is 3.78. The summed E-state index contributed by atoms with van der Waals surface area (Å²) in [6, 6.07) is 5.93. The lowest BCUT2D eigenvalue weighted by molar-refractivity contribution is -0.139. The van der Waals surface area contributed by atoms with E-state index >= 15 is 0 Å². The summed E-state index contributed by atoms with van der Waals surface area (Å²) in [7, 11) is 1.63. The molecule has 1 heterocycles. The van der Waals surface area contributed by atoms with Gasteiger partial charge in [-0.1, -0.05) is 17.7 Å². The number of carboxylic acid groups (broad SMARTS) is 1. The topological polar surface area (TPSA) is 46.5 Å². The van der Waals surface area contributed by atoms with E-state index in [1.54, 1.807) is 18.9 Å². The van der Waals surface area contributed by atoms with E-state index in [-0.39, 0.29) is 0 Å². The Morgan fingerprint density at radius 2 is 2.33 bits per heavy atom. The van der Waals surface area contributed by atoms with E-state index in [0.717, 1.165) is 35.5 Å². The molecule has 1 saturated heterocycles. The summed E-state index contributed by atoms with van der Waals surface area (Å²) in [5, 5.41) is 9.50. The van der Waals surface area contributed by atoms with Crippen LogP contribution in [0.5, 0.6) is 5.75 Å². The van der Waals surface area contributed by atoms with Crippen molar-refractivity contribution >= 4 is 17.7 Å². The van der Waals surface area contributed by atoms with Gasteiger partial charge in [-0.05, 0) is 37.1 Å². The van der Waals surface area contributed by atoms with Crippen molar-refractivity contribution in [1.29, 1.82) is 0 Å². The van der Waals surface area contributed by atoms with Gasteiger partial charge < -0.3 is 9.84 Å². The van der Waals surface area contributed by atoms with Gasteiger partial charge in [-0.3, -0.25) is 4.79 Å². The van der Waals surface area contributed by atoms with Crippen molar-refractivity contribution in [3.63, 3.8) is 0 Å². The van der Waals surface area contributed by atoms with Crippen LogP contribution in [-0.2, 0) is 11.2 Å². The number of carboxylic acids is 1. The molecule has 0 saturated carbocycles. The average molecular weight is 266 g/mol. The first kappa shape index (κ1) is 13.3. The highest BCUT2D eigenvalue weighted by atomic mass is 32.2. The van der Waals surface area contributed by atoms with Crippen LogP contribution in [0.1, 0.15) is 24.0 Å². The van der Waals surface area contributed by atoms with Crippen molar-refractivity contribution in [2.24, 2.45) is 0 Å². The van der Waals surface area contributed by atoms with Crippen molar-refractivity contribution < 1.29 is 14.6 Å². The third-order valence-electron chi connectivity index (χ3n) is 3.40. The van der Waals surface area contributed by atoms with Crippen molar-refractivity contribution in [2.75, 3.05) is 12.9 Å². The molecule has 1 aromatic carbocycles. The van der Waals surface area contributed by atoms with Gasteiger partial charge in [0.25, 0.3) is 0 Å². The number of aliphatic carboxylic acids is 1. The van der Waals surface area contributed by atoms with Gasteiger partial charge in [-0.15, -0.1) is 11.8 Å². The summed E-state index contributed by atoms with van der Waals surface area (Å²) in [4.78, 5) is 11.6. The van der Waals surface area contributed by atoms with E-state index in [4.69, 9.17) is 4.74 Å². The van der Waals surface area contributed by atoms with Crippen LogP contribution >= 0.6 is 11.8 Å². The van der Waals surface area contributed by atoms with E-state index in [2.05, 4.69) is 0 Å². The van der Waals surface area contributed by atoms with Crippen molar-refractivity contribution in [3.8, 4) is 5.75 Å². The lowest BCUT2D eigenvalue weighted by atomic mass is 9.93. The first-order chi connectivity index (χ1) is 8.57. The fraction of sp³-hybridized carbons (Fsp3) is 0.500. The molecule has 1 fully saturated rings. The highest BCUT2D eigenvalue weighted by molar-refractivity contribution is 8.01. The van der Waals surface area contributed by atoms with Gasteiger partial charge in [0.2, 0.25) is 0 Å². The Hall–Kier alpha value is -1.16. The number of hydrogen-bond donors (Lipinski definition) is 1. The van der Waals surface area contributed by atoms with E-state index in [9.17, 15) is 9.90 Å². The van der Waals surface area contributed by atoms with Crippen LogP contribution in [0.4, 0.5) is 0 Å². The molecule has 0 amide bonds. The minimum Gasteiger partial charge on any atom is -0.496 e. The Kier molecular flexibility index (Phi) is 3.85. The standard InChI is InChI=1S/C14H18O3S/c1-10-4-5-12(17-2)11(8-10)9-14(13(15)16)6-3-7-18-14/h4-5,8H,3,6-7,9H2,1-2H3,(H,15,16). The Morgan fingerprint density at radius 3 is 2.89 bits per heavy atom. The number of hydrogen-bond acceptors (Lipinski definition) is 3. The summed E-state index contributed by atoms with van der Waals surface area (Å²) in [6.45, 7) is 2.01. The number of benzene rings is 1. The number of thioether (sulfide) groups is 1. The van der Waals surface area contributed by atoms with Crippen LogP contribution in [-0.4, -0.2) is 28.7 Å². The summed E-state index contributed by atoms with van der Waals surface area (Å²) in [6.07, 6.45) is 2.26. The molecular weight excluding hydrogens is 248 g/mol. The SMILES string of the molecule is COc1ccc(C)cc1CC1(C(=O)O)CCCS1. The molecule has 0 aliphatic carbocycles. The molecular formula is C14H18O3S. The zero-order valence-electron chi connectivity index (χ0n) is 10.7. The monoisotopic (exact) mass is 266 g/mol. The molecule has 1 aliphatic rings. The second kappa shape index (κ2) is 5.22. The van der Waals surface area contributed by atoms with Crippen LogP contribution in [0.15, 0.2) is 18.2 Å². The predicted octanol–water partition coefficient (Wildman–Crippen LogP) is 2.90. The zero-order chi connectivity index (χ0) is 13.2. The Balaban J connectivity index is 2.32. The van der Waals surface area contributed by atoms with Gasteiger partial charge >= 0.3 is 5.97 Å². The first-order valence-corrected chi connectivity index (χ1v) is 7.07. The van der Waals surface area contributed by atoms with E-state index in [1.807, 2.05) is 25.1 Å². The lowest BCUT2D eigenvalue weighted by Gasteiger charge is -2.24. The van der Waals surface area contributed by atoms with Crippen LogP contribution in [0.25, 0.3) is 0 Å². The highest BCUT2D eigenvalue weighted by Gasteiger charge is 2.42. The molecule has 0 radical (unpaired) electrons. The first-order valence-electron chi connectivity index (χ1n) is 6.08. The van der Waals surface area contributed by atoms with Crippen molar-refractivity contribution in [1.82, 2.24) is 0 Å². The van der Waals surface area contributed by atoms with Gasteiger partial charge in [-0.25, -0.2) is 0 Å². The van der Waals surface area contributed by atoms with Gasteiger partial charge in [0.1, 0.15) is 10.5 Å². The van der Waals surface area contributed by atoms with E-state index in [0.29, 0.717) is 6.42 Å². The predicted molar refractivity (Wildman–Crippen MR) is 73.5 cm³/mol. The highest BCUT2D eigenvalue weighted by Crippen LogP contribution is 2.42. The molecule has 1 unspecified atom stereocenters. The minimum atomic E-state index is -0.700. The summed E-state index contributed by atoms with van der Waals surface area (Å²) >= 11 is 1.56. The fourth-order valence-electron chi connectivity index (χ4n) is 2.43. The van der Waals surface area contributed by atoms with Gasteiger partial charge in [0.05, 0.1) is 7.11 Å². The third-order valence-corrected chi connectivity index (χ3v) is 4.97. The summed E-state index contributed by atoms with van der Waals surface area (Å²) in [5.74, 6) is 1.02. The number of ether oxygens (including phenoxy) is 1. The zero-order valence-corrected chi connectivity index (χ0v) is 11.5. The maximum Gasteiger partial charge on any atom is 0.320 e.